The van der Waals surface area contributed by atoms with Crippen LogP contribution in [0.15, 0.2) is 34.2 Å². The van der Waals surface area contributed by atoms with Crippen molar-refractivity contribution in [2.45, 2.75) is 16.8 Å². The van der Waals surface area contributed by atoms with E-state index in [1.165, 1.54) is 0 Å². The Morgan fingerprint density at radius 3 is 2.64 bits per heavy atom. The van der Waals surface area contributed by atoms with Gasteiger partial charge in [-0.1, -0.05) is 40.6 Å². The number of halogens is 1. The molecule has 2 heterocycles. The molecule has 1 aromatic heterocycles. The Balaban J connectivity index is 1.68. The topological polar surface area (TPSA) is 71.5 Å². The lowest BCUT2D eigenvalue weighted by molar-refractivity contribution is 0.0398. The minimum absolute atomic E-state index is 0.0862. The Morgan fingerprint density at radius 2 is 1.96 bits per heavy atom. The molecule has 6 nitrogen and oxygen atoms in total. The largest absolute Gasteiger partial charge is 0.379 e. The van der Waals surface area contributed by atoms with Gasteiger partial charge in [-0.3, -0.25) is 4.90 Å². The van der Waals surface area contributed by atoms with Gasteiger partial charge in [-0.15, -0.1) is 0 Å². The number of anilines is 1. The van der Waals surface area contributed by atoms with Crippen molar-refractivity contribution in [3.05, 3.63) is 34.2 Å². The number of aryl methyl sites for hydroxylation is 1. The second kappa shape index (κ2) is 8.01. The Labute approximate surface area is 156 Å². The molecule has 0 bridgehead atoms. The third kappa shape index (κ3) is 4.51. The summed E-state index contributed by atoms with van der Waals surface area (Å²) < 4.78 is 30.9. The van der Waals surface area contributed by atoms with E-state index in [1.54, 1.807) is 24.3 Å². The Morgan fingerprint density at radius 1 is 1.28 bits per heavy atom. The first-order valence-electron chi connectivity index (χ1n) is 7.99. The first kappa shape index (κ1) is 18.6. The van der Waals surface area contributed by atoms with Crippen LogP contribution < -0.4 is 5.32 Å². The minimum atomic E-state index is -3.71. The van der Waals surface area contributed by atoms with Gasteiger partial charge in [0.1, 0.15) is 4.34 Å². The molecule has 0 spiro atoms. The molecule has 136 valence electrons. The van der Waals surface area contributed by atoms with Crippen LogP contribution in [0.3, 0.4) is 0 Å². The highest BCUT2D eigenvalue weighted by Gasteiger charge is 2.25. The lowest BCUT2D eigenvalue weighted by Crippen LogP contribution is -2.38. The molecule has 0 atom stereocenters. The van der Waals surface area contributed by atoms with E-state index in [9.17, 15) is 8.42 Å². The summed E-state index contributed by atoms with van der Waals surface area (Å²) in [4.78, 5) is 6.69. The molecule has 1 N–H and O–H groups in total. The van der Waals surface area contributed by atoms with Crippen LogP contribution in [0.2, 0.25) is 4.34 Å². The van der Waals surface area contributed by atoms with Gasteiger partial charge < -0.3 is 10.1 Å². The smallest absolute Gasteiger partial charge is 0.226 e. The number of aromatic nitrogens is 1. The third-order valence-corrected chi connectivity index (χ3v) is 7.10. The van der Waals surface area contributed by atoms with Gasteiger partial charge in [-0.05, 0) is 19.1 Å². The van der Waals surface area contributed by atoms with Crippen molar-refractivity contribution in [2.24, 2.45) is 0 Å². The zero-order valence-corrected chi connectivity index (χ0v) is 16.3. The van der Waals surface area contributed by atoms with Crippen LogP contribution in [0.4, 0.5) is 5.13 Å². The fraction of sp³-hybridized carbons (Fsp3) is 0.438. The lowest BCUT2D eigenvalue weighted by atomic mass is 10.2. The van der Waals surface area contributed by atoms with E-state index >= 15 is 0 Å². The standard InChI is InChI=1S/C16H20ClN3O3S2/c1-12-2-4-13(5-3-12)25(21,22)15-14(17)24-16(19-15)18-6-7-20-8-10-23-11-9-20/h2-5H,6-11H2,1H3,(H,18,19). The summed E-state index contributed by atoms with van der Waals surface area (Å²) in [6.07, 6.45) is 0. The zero-order valence-electron chi connectivity index (χ0n) is 13.9. The number of hydrogen-bond donors (Lipinski definition) is 1. The van der Waals surface area contributed by atoms with Crippen molar-refractivity contribution in [1.82, 2.24) is 9.88 Å². The number of benzene rings is 1. The Hall–Kier alpha value is -1.19. The molecule has 1 aliphatic rings. The summed E-state index contributed by atoms with van der Waals surface area (Å²) in [5.41, 5.74) is 0.994. The van der Waals surface area contributed by atoms with E-state index in [0.29, 0.717) is 11.7 Å². The highest BCUT2D eigenvalue weighted by Crippen LogP contribution is 2.34. The fourth-order valence-corrected chi connectivity index (χ4v) is 5.34. The molecule has 0 radical (unpaired) electrons. The summed E-state index contributed by atoms with van der Waals surface area (Å²) in [5, 5.41) is 3.59. The SMILES string of the molecule is Cc1ccc(S(=O)(=O)c2nc(NCCN3CCOCC3)sc2Cl)cc1. The molecule has 1 aliphatic heterocycles. The molecule has 9 heteroatoms. The summed E-state index contributed by atoms with van der Waals surface area (Å²) in [6, 6.07) is 6.67. The molecule has 0 amide bonds. The Bertz CT molecular complexity index is 816. The van der Waals surface area contributed by atoms with Crippen molar-refractivity contribution in [3.63, 3.8) is 0 Å². The molecular formula is C16H20ClN3O3S2. The molecule has 25 heavy (non-hydrogen) atoms. The summed E-state index contributed by atoms with van der Waals surface area (Å²) in [6.45, 7) is 6.75. The van der Waals surface area contributed by atoms with E-state index in [-0.39, 0.29) is 14.3 Å². The predicted octanol–water partition coefficient (Wildman–Crippen LogP) is 2.68. The summed E-state index contributed by atoms with van der Waals surface area (Å²) >= 11 is 7.29. The van der Waals surface area contributed by atoms with E-state index in [0.717, 1.165) is 49.7 Å². The van der Waals surface area contributed by atoms with Gasteiger partial charge in [0.2, 0.25) is 9.84 Å². The number of morpholine rings is 1. The molecule has 0 unspecified atom stereocenters. The normalized spacial score (nSPS) is 16.1. The maximum atomic E-state index is 12.7. The van der Waals surface area contributed by atoms with Gasteiger partial charge in [0.25, 0.3) is 0 Å². The zero-order chi connectivity index (χ0) is 17.9. The van der Waals surface area contributed by atoms with Gasteiger partial charge in [0, 0.05) is 26.2 Å². The van der Waals surface area contributed by atoms with Crippen molar-refractivity contribution in [2.75, 3.05) is 44.7 Å². The average molecular weight is 402 g/mol. The molecule has 0 aliphatic carbocycles. The predicted molar refractivity (Wildman–Crippen MR) is 99.5 cm³/mol. The number of sulfone groups is 1. The van der Waals surface area contributed by atoms with Crippen LogP contribution in [0.1, 0.15) is 5.56 Å². The van der Waals surface area contributed by atoms with Crippen molar-refractivity contribution < 1.29 is 13.2 Å². The number of nitrogens with zero attached hydrogens (tertiary/aromatic N) is 2. The average Bonchev–Trinajstić information content (AvgIpc) is 2.98. The molecule has 3 rings (SSSR count). The number of nitrogens with one attached hydrogen (secondary N) is 1. The summed E-state index contributed by atoms with van der Waals surface area (Å²) in [7, 11) is -3.71. The monoisotopic (exact) mass is 401 g/mol. The van der Waals surface area contributed by atoms with E-state index < -0.39 is 9.84 Å². The lowest BCUT2D eigenvalue weighted by Gasteiger charge is -2.26. The maximum absolute atomic E-state index is 12.7. The molecule has 1 fully saturated rings. The first-order valence-corrected chi connectivity index (χ1v) is 10.7. The van der Waals surface area contributed by atoms with Crippen LogP contribution >= 0.6 is 22.9 Å². The maximum Gasteiger partial charge on any atom is 0.226 e. The first-order chi connectivity index (χ1) is 12.0. The number of thiazole rings is 1. The Kier molecular flexibility index (Phi) is 5.96. The second-order valence-electron chi connectivity index (χ2n) is 5.80. The van der Waals surface area contributed by atoms with Crippen LogP contribution in [-0.2, 0) is 14.6 Å². The van der Waals surface area contributed by atoms with E-state index in [1.807, 2.05) is 6.92 Å². The molecule has 1 aromatic carbocycles. The van der Waals surface area contributed by atoms with Crippen LogP contribution in [0, 0.1) is 6.92 Å². The highest BCUT2D eigenvalue weighted by molar-refractivity contribution is 7.91. The van der Waals surface area contributed by atoms with Gasteiger partial charge in [0.15, 0.2) is 10.2 Å². The van der Waals surface area contributed by atoms with Gasteiger partial charge in [-0.25, -0.2) is 13.4 Å². The van der Waals surface area contributed by atoms with Crippen molar-refractivity contribution in [3.8, 4) is 0 Å². The second-order valence-corrected chi connectivity index (χ2v) is 9.26. The van der Waals surface area contributed by atoms with E-state index in [2.05, 4.69) is 15.2 Å². The minimum Gasteiger partial charge on any atom is -0.379 e. The highest BCUT2D eigenvalue weighted by atomic mass is 35.5. The molecule has 0 saturated carbocycles. The van der Waals surface area contributed by atoms with Crippen LogP contribution in [-0.4, -0.2) is 57.7 Å². The molecule has 1 saturated heterocycles. The van der Waals surface area contributed by atoms with Gasteiger partial charge in [-0.2, -0.15) is 0 Å². The third-order valence-electron chi connectivity index (χ3n) is 3.95. The summed E-state index contributed by atoms with van der Waals surface area (Å²) in [5.74, 6) is 0. The van der Waals surface area contributed by atoms with Crippen molar-refractivity contribution >= 4 is 37.9 Å². The fourth-order valence-electron chi connectivity index (χ4n) is 2.50. The van der Waals surface area contributed by atoms with Crippen molar-refractivity contribution in [1.29, 1.82) is 0 Å². The number of rotatable bonds is 6. The van der Waals surface area contributed by atoms with Crippen LogP contribution in [0.5, 0.6) is 0 Å². The van der Waals surface area contributed by atoms with Crippen LogP contribution in [0.25, 0.3) is 0 Å². The molecule has 2 aromatic rings. The number of hydrogen-bond acceptors (Lipinski definition) is 7. The van der Waals surface area contributed by atoms with E-state index in [4.69, 9.17) is 16.3 Å². The quantitative estimate of drug-likeness (QED) is 0.802. The molecular weight excluding hydrogens is 382 g/mol. The van der Waals surface area contributed by atoms with Gasteiger partial charge >= 0.3 is 0 Å². The van der Waals surface area contributed by atoms with Gasteiger partial charge in [0.05, 0.1) is 18.1 Å². The number of ether oxygens (including phenoxy) is 1.